The summed E-state index contributed by atoms with van der Waals surface area (Å²) in [7, 11) is 0. The summed E-state index contributed by atoms with van der Waals surface area (Å²) in [5.74, 6) is 0. The zero-order chi connectivity index (χ0) is 5.41. The standard InChI is InChI=1S/C3H6O.CH3Cl/c1-2-3-4;1-2/h3H,2H2,1H3;1H3. The summed E-state index contributed by atoms with van der Waals surface area (Å²) in [5.41, 5.74) is 0. The molecule has 0 rings (SSSR count). The molecule has 0 saturated carbocycles. The van der Waals surface area contributed by atoms with Crippen LogP contribution in [-0.2, 0) is 4.79 Å². The van der Waals surface area contributed by atoms with E-state index in [-0.39, 0.29) is 0 Å². The summed E-state index contributed by atoms with van der Waals surface area (Å²) >= 11 is 4.64. The fourth-order valence-electron chi connectivity index (χ4n) is 0. The first kappa shape index (κ1) is 9.35. The van der Waals surface area contributed by atoms with E-state index in [0.717, 1.165) is 6.29 Å². The number of alkyl halides is 1. The van der Waals surface area contributed by atoms with Crippen LogP contribution in [0.5, 0.6) is 0 Å². The van der Waals surface area contributed by atoms with Gasteiger partial charge in [0.2, 0.25) is 0 Å². The first-order valence-electron chi connectivity index (χ1n) is 1.73. The Labute approximate surface area is 43.3 Å². The van der Waals surface area contributed by atoms with E-state index in [1.54, 1.807) is 0 Å². The predicted octanol–water partition coefficient (Wildman–Crippen LogP) is 1.45. The highest BCUT2D eigenvalue weighted by molar-refractivity contribution is 6.15. The number of aldehydes is 1. The highest BCUT2D eigenvalue weighted by Crippen LogP contribution is 1.53. The number of carbonyl (C=O) groups is 1. The summed E-state index contributed by atoms with van der Waals surface area (Å²) in [6.07, 6.45) is 2.99. The van der Waals surface area contributed by atoms with Crippen LogP contribution in [0, 0.1) is 0 Å². The molecule has 0 aromatic carbocycles. The molecule has 0 heterocycles. The van der Waals surface area contributed by atoms with Gasteiger partial charge in [-0.05, 0) is 0 Å². The van der Waals surface area contributed by atoms with Crippen molar-refractivity contribution in [1.82, 2.24) is 0 Å². The summed E-state index contributed by atoms with van der Waals surface area (Å²) in [4.78, 5) is 9.17. The van der Waals surface area contributed by atoms with Crippen LogP contribution in [0.2, 0.25) is 0 Å². The van der Waals surface area contributed by atoms with Gasteiger partial charge < -0.3 is 4.79 Å². The summed E-state index contributed by atoms with van der Waals surface area (Å²) in [6.45, 7) is 1.81. The maximum atomic E-state index is 9.17. The predicted molar refractivity (Wildman–Crippen MR) is 28.1 cm³/mol. The molecule has 0 amide bonds. The zero-order valence-electron chi connectivity index (χ0n) is 4.07. The minimum absolute atomic E-state index is 0.639. The van der Waals surface area contributed by atoms with Crippen LogP contribution in [0.25, 0.3) is 0 Å². The molecular formula is C4H9ClO. The summed E-state index contributed by atoms with van der Waals surface area (Å²) in [6, 6.07) is 0. The fourth-order valence-corrected chi connectivity index (χ4v) is 0. The Balaban J connectivity index is 0. The molecule has 0 aromatic heterocycles. The van der Waals surface area contributed by atoms with Crippen molar-refractivity contribution in [2.75, 3.05) is 6.38 Å². The minimum Gasteiger partial charge on any atom is -0.303 e. The molecule has 0 aliphatic heterocycles. The van der Waals surface area contributed by atoms with Gasteiger partial charge in [0.1, 0.15) is 6.29 Å². The number of carbonyl (C=O) groups excluding carboxylic acids is 1. The number of halogens is 1. The van der Waals surface area contributed by atoms with E-state index < -0.39 is 0 Å². The Morgan fingerprint density at radius 1 is 1.67 bits per heavy atom. The lowest BCUT2D eigenvalue weighted by molar-refractivity contribution is -0.107. The van der Waals surface area contributed by atoms with E-state index in [1.165, 1.54) is 6.38 Å². The van der Waals surface area contributed by atoms with Crippen molar-refractivity contribution in [2.45, 2.75) is 13.3 Å². The van der Waals surface area contributed by atoms with Crippen LogP contribution < -0.4 is 0 Å². The molecule has 0 aromatic rings. The molecule has 0 radical (unpaired) electrons. The molecule has 0 aliphatic rings. The topological polar surface area (TPSA) is 17.1 Å². The number of hydrogen-bond acceptors (Lipinski definition) is 1. The third-order valence-corrected chi connectivity index (χ3v) is 0.167. The Kier molecular flexibility index (Phi) is 31.6. The second kappa shape index (κ2) is 20.2. The second-order valence-electron chi connectivity index (χ2n) is 0.575. The molecule has 0 aliphatic carbocycles. The van der Waals surface area contributed by atoms with Crippen molar-refractivity contribution in [1.29, 1.82) is 0 Å². The van der Waals surface area contributed by atoms with E-state index in [1.807, 2.05) is 6.92 Å². The molecule has 0 atom stereocenters. The van der Waals surface area contributed by atoms with Gasteiger partial charge in [0, 0.05) is 12.8 Å². The molecule has 0 spiro atoms. The SMILES string of the molecule is CCC=O.CCl. The lowest BCUT2D eigenvalue weighted by Crippen LogP contribution is -1.55. The monoisotopic (exact) mass is 108 g/mol. The maximum Gasteiger partial charge on any atom is 0.119 e. The molecule has 2 heteroatoms. The summed E-state index contributed by atoms with van der Waals surface area (Å²) < 4.78 is 0. The smallest absolute Gasteiger partial charge is 0.119 e. The average Bonchev–Trinajstić information content (AvgIpc) is 1.72. The van der Waals surface area contributed by atoms with E-state index in [0.29, 0.717) is 6.42 Å². The van der Waals surface area contributed by atoms with Gasteiger partial charge in [0.15, 0.2) is 0 Å². The second-order valence-corrected chi connectivity index (χ2v) is 0.575. The van der Waals surface area contributed by atoms with Gasteiger partial charge in [-0.2, -0.15) is 0 Å². The molecule has 38 valence electrons. The third kappa shape index (κ3) is 37.6. The highest BCUT2D eigenvalue weighted by atomic mass is 35.5. The van der Waals surface area contributed by atoms with Gasteiger partial charge in [-0.3, -0.25) is 0 Å². The van der Waals surface area contributed by atoms with Crippen LogP contribution in [0.15, 0.2) is 0 Å². The van der Waals surface area contributed by atoms with Crippen molar-refractivity contribution in [3.05, 3.63) is 0 Å². The van der Waals surface area contributed by atoms with Gasteiger partial charge in [-0.15, -0.1) is 11.6 Å². The maximum absolute atomic E-state index is 9.17. The van der Waals surface area contributed by atoms with E-state index >= 15 is 0 Å². The lowest BCUT2D eigenvalue weighted by Gasteiger charge is -1.51. The number of hydrogen-bond donors (Lipinski definition) is 0. The lowest BCUT2D eigenvalue weighted by atomic mass is 10.6. The molecule has 0 fully saturated rings. The normalized spacial score (nSPS) is 5.17. The first-order valence-corrected chi connectivity index (χ1v) is 2.48. The molecule has 0 saturated heterocycles. The Hall–Kier alpha value is -0.0400. The molecule has 6 heavy (non-hydrogen) atoms. The van der Waals surface area contributed by atoms with Crippen LogP contribution >= 0.6 is 11.6 Å². The fraction of sp³-hybridized carbons (Fsp3) is 0.750. The van der Waals surface area contributed by atoms with Crippen molar-refractivity contribution >= 4 is 17.9 Å². The van der Waals surface area contributed by atoms with Crippen molar-refractivity contribution in [3.63, 3.8) is 0 Å². The van der Waals surface area contributed by atoms with Crippen LogP contribution in [0.1, 0.15) is 13.3 Å². The molecule has 0 N–H and O–H groups in total. The number of rotatable bonds is 1. The van der Waals surface area contributed by atoms with Crippen molar-refractivity contribution in [2.24, 2.45) is 0 Å². The minimum atomic E-state index is 0.639. The summed E-state index contributed by atoms with van der Waals surface area (Å²) in [5, 5.41) is 0. The van der Waals surface area contributed by atoms with Gasteiger partial charge >= 0.3 is 0 Å². The van der Waals surface area contributed by atoms with E-state index in [4.69, 9.17) is 0 Å². The Morgan fingerprint density at radius 3 is 1.83 bits per heavy atom. The zero-order valence-corrected chi connectivity index (χ0v) is 4.83. The largest absolute Gasteiger partial charge is 0.303 e. The quantitative estimate of drug-likeness (QED) is 0.367. The molecule has 0 unspecified atom stereocenters. The highest BCUT2D eigenvalue weighted by Gasteiger charge is 1.52. The third-order valence-electron chi connectivity index (χ3n) is 0.167. The van der Waals surface area contributed by atoms with E-state index in [2.05, 4.69) is 11.6 Å². The van der Waals surface area contributed by atoms with E-state index in [9.17, 15) is 4.79 Å². The van der Waals surface area contributed by atoms with Gasteiger partial charge in [-0.25, -0.2) is 0 Å². The first-order chi connectivity index (χ1) is 2.91. The van der Waals surface area contributed by atoms with Crippen LogP contribution in [0.3, 0.4) is 0 Å². The Bertz CT molecular complexity index is 21.5. The van der Waals surface area contributed by atoms with Crippen LogP contribution in [0.4, 0.5) is 0 Å². The van der Waals surface area contributed by atoms with Crippen LogP contribution in [-0.4, -0.2) is 12.7 Å². The van der Waals surface area contributed by atoms with Crippen molar-refractivity contribution < 1.29 is 4.79 Å². The molecular weight excluding hydrogens is 99.5 g/mol. The molecule has 1 nitrogen and oxygen atoms in total. The van der Waals surface area contributed by atoms with Gasteiger partial charge in [-0.1, -0.05) is 6.92 Å². The Morgan fingerprint density at radius 2 is 1.83 bits per heavy atom. The average molecular weight is 109 g/mol. The molecule has 0 bridgehead atoms. The van der Waals surface area contributed by atoms with Crippen molar-refractivity contribution in [3.8, 4) is 0 Å². The van der Waals surface area contributed by atoms with Gasteiger partial charge in [0.25, 0.3) is 0 Å². The van der Waals surface area contributed by atoms with Gasteiger partial charge in [0.05, 0.1) is 0 Å².